The highest BCUT2D eigenvalue weighted by atomic mass is 16.8. The minimum atomic E-state index is -0.151. The predicted molar refractivity (Wildman–Crippen MR) is 108 cm³/mol. The molecule has 28 heavy (non-hydrogen) atoms. The van der Waals surface area contributed by atoms with E-state index in [1.165, 1.54) is 18.4 Å². The Morgan fingerprint density at radius 2 is 1.86 bits per heavy atom. The van der Waals surface area contributed by atoms with Crippen LogP contribution in [-0.4, -0.2) is 32.3 Å². The smallest absolute Gasteiger partial charge is 0.373 e. The van der Waals surface area contributed by atoms with Crippen LogP contribution in [0.3, 0.4) is 0 Å². The fourth-order valence-corrected chi connectivity index (χ4v) is 4.18. The van der Waals surface area contributed by atoms with Gasteiger partial charge < -0.3 is 9.47 Å². The second-order valence-corrected chi connectivity index (χ2v) is 7.64. The molecule has 2 aromatic carbocycles. The lowest BCUT2D eigenvalue weighted by Gasteiger charge is -2.29. The van der Waals surface area contributed by atoms with Crippen LogP contribution in [0.4, 0.5) is 5.69 Å². The van der Waals surface area contributed by atoms with Crippen molar-refractivity contribution in [2.45, 2.75) is 44.6 Å². The average Bonchev–Trinajstić information content (AvgIpc) is 3.37. The van der Waals surface area contributed by atoms with Crippen molar-refractivity contribution in [3.8, 4) is 11.5 Å². The minimum absolute atomic E-state index is 0.151. The summed E-state index contributed by atoms with van der Waals surface area (Å²) < 4.78 is 12.0. The van der Waals surface area contributed by atoms with E-state index in [1.54, 1.807) is 7.11 Å². The first-order valence-corrected chi connectivity index (χ1v) is 10.2. The lowest BCUT2D eigenvalue weighted by atomic mass is 10.1. The number of benzene rings is 2. The maximum absolute atomic E-state index is 12.0. The number of hydroxylamine groups is 2. The van der Waals surface area contributed by atoms with E-state index in [-0.39, 0.29) is 16.7 Å². The van der Waals surface area contributed by atoms with E-state index in [0.29, 0.717) is 19.5 Å². The van der Waals surface area contributed by atoms with E-state index in [9.17, 15) is 4.79 Å². The highest BCUT2D eigenvalue weighted by molar-refractivity contribution is 5.73. The number of nitrogens with zero attached hydrogens (tertiary/aromatic N) is 1. The summed E-state index contributed by atoms with van der Waals surface area (Å²) in [5, 5.41) is 0. The van der Waals surface area contributed by atoms with E-state index in [4.69, 9.17) is 14.3 Å². The van der Waals surface area contributed by atoms with Crippen LogP contribution in [0, 0.1) is 0 Å². The molecule has 1 saturated carbocycles. The molecule has 5 nitrogen and oxygen atoms in total. The van der Waals surface area contributed by atoms with Gasteiger partial charge in [0.2, 0.25) is 0 Å². The highest BCUT2D eigenvalue weighted by Crippen LogP contribution is 2.39. The van der Waals surface area contributed by atoms with Gasteiger partial charge >= 0.3 is 5.97 Å². The zero-order chi connectivity index (χ0) is 19.4. The quantitative estimate of drug-likeness (QED) is 0.665. The number of carbonyl (C=O) groups is 1. The van der Waals surface area contributed by atoms with Crippen molar-refractivity contribution < 1.29 is 19.1 Å². The number of hydrogen-bond donors (Lipinski definition) is 0. The van der Waals surface area contributed by atoms with Crippen molar-refractivity contribution in [3.63, 3.8) is 0 Å². The standard InChI is InChI=1S/C23H28NO4/c1-26-21-12-11-19(17-22(21)27-20-9-5-6-10-20)24(16-14-23(25)28-24)15-13-18-7-3-2-4-8-18/h2-4,7-8,11-12,17,20H,5-6,9-10,13-16H2,1H3/q+1. The molecule has 1 heterocycles. The van der Waals surface area contributed by atoms with Gasteiger partial charge in [-0.25, -0.2) is 4.79 Å². The summed E-state index contributed by atoms with van der Waals surface area (Å²) in [4.78, 5) is 17.9. The molecule has 0 spiro atoms. The van der Waals surface area contributed by atoms with Crippen LogP contribution < -0.4 is 14.1 Å². The number of rotatable bonds is 7. The van der Waals surface area contributed by atoms with Crippen molar-refractivity contribution in [2.75, 3.05) is 20.2 Å². The summed E-state index contributed by atoms with van der Waals surface area (Å²) >= 11 is 0. The lowest BCUT2D eigenvalue weighted by molar-refractivity contribution is -0.166. The van der Waals surface area contributed by atoms with Gasteiger partial charge in [-0.3, -0.25) is 4.84 Å². The van der Waals surface area contributed by atoms with Gasteiger partial charge in [-0.1, -0.05) is 30.3 Å². The Morgan fingerprint density at radius 3 is 2.54 bits per heavy atom. The average molecular weight is 382 g/mol. The topological polar surface area (TPSA) is 44.8 Å². The molecule has 0 radical (unpaired) electrons. The van der Waals surface area contributed by atoms with Crippen molar-refractivity contribution in [1.82, 2.24) is 4.65 Å². The molecule has 0 N–H and O–H groups in total. The lowest BCUT2D eigenvalue weighted by Crippen LogP contribution is -2.47. The molecular formula is C23H28NO4+. The summed E-state index contributed by atoms with van der Waals surface area (Å²) in [5.74, 6) is 1.32. The molecule has 1 saturated heterocycles. The Labute approximate surface area is 166 Å². The third-order valence-corrected chi connectivity index (χ3v) is 5.77. The fourth-order valence-electron chi connectivity index (χ4n) is 4.18. The Kier molecular flexibility index (Phi) is 5.53. The molecule has 1 unspecified atom stereocenters. The van der Waals surface area contributed by atoms with Crippen LogP contribution in [0.2, 0.25) is 0 Å². The number of methoxy groups -OCH3 is 1. The molecule has 4 rings (SSSR count). The molecule has 0 bridgehead atoms. The van der Waals surface area contributed by atoms with Crippen LogP contribution in [0.25, 0.3) is 0 Å². The normalized spacial score (nSPS) is 22.2. The van der Waals surface area contributed by atoms with E-state index in [2.05, 4.69) is 12.1 Å². The number of quaternary nitrogens is 1. The summed E-state index contributed by atoms with van der Waals surface area (Å²) in [7, 11) is 1.66. The van der Waals surface area contributed by atoms with Gasteiger partial charge in [0, 0.05) is 18.6 Å². The molecule has 2 fully saturated rings. The molecule has 5 heteroatoms. The summed E-state index contributed by atoms with van der Waals surface area (Å²) in [6.45, 7) is 1.34. The number of carbonyl (C=O) groups excluding carboxylic acids is 1. The molecule has 0 amide bonds. The Hall–Kier alpha value is -2.53. The first-order chi connectivity index (χ1) is 13.7. The van der Waals surface area contributed by atoms with Gasteiger partial charge in [-0.15, -0.1) is 4.65 Å². The van der Waals surface area contributed by atoms with Gasteiger partial charge in [-0.05, 0) is 37.3 Å². The first-order valence-electron chi connectivity index (χ1n) is 10.2. The van der Waals surface area contributed by atoms with Gasteiger partial charge in [0.25, 0.3) is 0 Å². The summed E-state index contributed by atoms with van der Waals surface area (Å²) in [6.07, 6.45) is 6.08. The van der Waals surface area contributed by atoms with E-state index in [0.717, 1.165) is 36.4 Å². The van der Waals surface area contributed by atoms with Crippen molar-refractivity contribution >= 4 is 11.7 Å². The highest BCUT2D eigenvalue weighted by Gasteiger charge is 2.43. The minimum Gasteiger partial charge on any atom is -0.493 e. The Morgan fingerprint density at radius 1 is 1.07 bits per heavy atom. The zero-order valence-electron chi connectivity index (χ0n) is 16.4. The largest absolute Gasteiger partial charge is 0.493 e. The Balaban J connectivity index is 1.61. The van der Waals surface area contributed by atoms with Crippen LogP contribution >= 0.6 is 0 Å². The van der Waals surface area contributed by atoms with Gasteiger partial charge in [0.15, 0.2) is 17.2 Å². The van der Waals surface area contributed by atoms with Crippen molar-refractivity contribution in [1.29, 1.82) is 0 Å². The van der Waals surface area contributed by atoms with E-state index < -0.39 is 0 Å². The molecule has 148 valence electrons. The second-order valence-electron chi connectivity index (χ2n) is 7.64. The second kappa shape index (κ2) is 8.23. The van der Waals surface area contributed by atoms with Crippen LogP contribution in [0.1, 0.15) is 37.7 Å². The van der Waals surface area contributed by atoms with E-state index >= 15 is 0 Å². The first kappa shape index (κ1) is 18.8. The predicted octanol–water partition coefficient (Wildman–Crippen LogP) is 4.43. The number of hydrogen-bond acceptors (Lipinski definition) is 4. The molecule has 1 aliphatic heterocycles. The summed E-state index contributed by atoms with van der Waals surface area (Å²) in [6, 6.07) is 16.2. The maximum atomic E-state index is 12.0. The third kappa shape index (κ3) is 3.99. The van der Waals surface area contributed by atoms with Crippen LogP contribution in [0.15, 0.2) is 48.5 Å². The molecule has 1 aliphatic carbocycles. The molecule has 0 aromatic heterocycles. The van der Waals surface area contributed by atoms with Gasteiger partial charge in [-0.2, -0.15) is 0 Å². The fraction of sp³-hybridized carbons (Fsp3) is 0.435. The zero-order valence-corrected chi connectivity index (χ0v) is 16.4. The van der Waals surface area contributed by atoms with Gasteiger partial charge in [0.1, 0.15) is 19.5 Å². The monoisotopic (exact) mass is 382 g/mol. The molecule has 2 aromatic rings. The van der Waals surface area contributed by atoms with Crippen molar-refractivity contribution in [2.24, 2.45) is 0 Å². The SMILES string of the molecule is COc1ccc([N+]2(CCc3ccccc3)CCC(=O)O2)cc1OC1CCCC1. The number of ether oxygens (including phenoxy) is 2. The van der Waals surface area contributed by atoms with Gasteiger partial charge in [0.05, 0.1) is 13.2 Å². The maximum Gasteiger partial charge on any atom is 0.373 e. The molecule has 1 atom stereocenters. The Bertz CT molecular complexity index is 817. The summed E-state index contributed by atoms with van der Waals surface area (Å²) in [5.41, 5.74) is 2.18. The van der Waals surface area contributed by atoms with Crippen LogP contribution in [0.5, 0.6) is 11.5 Å². The third-order valence-electron chi connectivity index (χ3n) is 5.77. The van der Waals surface area contributed by atoms with E-state index in [1.807, 2.05) is 36.4 Å². The van der Waals surface area contributed by atoms with Crippen molar-refractivity contribution in [3.05, 3.63) is 54.1 Å². The molecule has 2 aliphatic rings. The molecular weight excluding hydrogens is 354 g/mol. The van der Waals surface area contributed by atoms with Crippen LogP contribution in [-0.2, 0) is 16.1 Å².